The van der Waals surface area contributed by atoms with Crippen LogP contribution in [0.25, 0.3) is 0 Å². The van der Waals surface area contributed by atoms with Crippen molar-refractivity contribution in [2.75, 3.05) is 0 Å². The lowest BCUT2D eigenvalue weighted by atomic mass is 10.1. The van der Waals surface area contributed by atoms with E-state index in [2.05, 4.69) is 4.74 Å². The number of benzene rings is 1. The van der Waals surface area contributed by atoms with Crippen molar-refractivity contribution in [2.24, 2.45) is 0 Å². The highest BCUT2D eigenvalue weighted by Crippen LogP contribution is 2.29. The second-order valence-electron chi connectivity index (χ2n) is 3.30. The molecule has 0 saturated heterocycles. The fourth-order valence-electron chi connectivity index (χ4n) is 1.37. The van der Waals surface area contributed by atoms with Crippen LogP contribution in [0.3, 0.4) is 0 Å². The fourth-order valence-corrected chi connectivity index (χ4v) is 1.37. The predicted molar refractivity (Wildman–Crippen MR) is 55.8 cm³/mol. The quantitative estimate of drug-likeness (QED) is 0.644. The number of ether oxygens (including phenoxy) is 1. The third-order valence-corrected chi connectivity index (χ3v) is 2.06. The fraction of sp³-hybridized carbons (Fsp3) is 0.200. The summed E-state index contributed by atoms with van der Waals surface area (Å²) >= 11 is 0. The van der Waals surface area contributed by atoms with Gasteiger partial charge in [-0.1, -0.05) is 0 Å². The number of nitriles is 1. The zero-order chi connectivity index (χ0) is 14.6. The molecule has 0 atom stereocenters. The minimum atomic E-state index is -3.23. The SMILES string of the molecule is N#Cc1cc([N+](=O)[O-])c(CC(=O)O)cc1OC(F)F. The van der Waals surface area contributed by atoms with Crippen LogP contribution in [0.15, 0.2) is 12.1 Å². The minimum Gasteiger partial charge on any atom is -0.481 e. The van der Waals surface area contributed by atoms with E-state index in [1.165, 1.54) is 6.07 Å². The molecule has 1 N–H and O–H groups in total. The van der Waals surface area contributed by atoms with Crippen LogP contribution in [0, 0.1) is 21.4 Å². The van der Waals surface area contributed by atoms with Gasteiger partial charge in [-0.05, 0) is 6.07 Å². The number of nitro benzene ring substituents is 1. The van der Waals surface area contributed by atoms with Crippen molar-refractivity contribution in [3.05, 3.63) is 33.4 Å². The van der Waals surface area contributed by atoms with Crippen molar-refractivity contribution < 1.29 is 28.3 Å². The Bertz CT molecular complexity index is 568. The van der Waals surface area contributed by atoms with Gasteiger partial charge in [0.25, 0.3) is 5.69 Å². The summed E-state index contributed by atoms with van der Waals surface area (Å²) in [7, 11) is 0. The average molecular weight is 272 g/mol. The summed E-state index contributed by atoms with van der Waals surface area (Å²) in [6.07, 6.45) is -0.748. The van der Waals surface area contributed by atoms with Gasteiger partial charge in [-0.2, -0.15) is 14.0 Å². The van der Waals surface area contributed by atoms with Gasteiger partial charge in [0.05, 0.1) is 11.3 Å². The van der Waals surface area contributed by atoms with Gasteiger partial charge in [0.15, 0.2) is 0 Å². The van der Waals surface area contributed by atoms with E-state index in [1.807, 2.05) is 0 Å². The molecule has 0 radical (unpaired) electrons. The van der Waals surface area contributed by atoms with E-state index < -0.39 is 40.9 Å². The van der Waals surface area contributed by atoms with Crippen molar-refractivity contribution in [1.82, 2.24) is 0 Å². The lowest BCUT2D eigenvalue weighted by molar-refractivity contribution is -0.385. The van der Waals surface area contributed by atoms with Gasteiger partial charge in [0.2, 0.25) is 0 Å². The molecule has 7 nitrogen and oxygen atoms in total. The highest BCUT2D eigenvalue weighted by molar-refractivity contribution is 5.73. The van der Waals surface area contributed by atoms with Gasteiger partial charge in [-0.15, -0.1) is 0 Å². The molecule has 0 saturated carbocycles. The Morgan fingerprint density at radius 1 is 1.58 bits per heavy atom. The molecule has 0 bridgehead atoms. The third kappa shape index (κ3) is 3.60. The van der Waals surface area contributed by atoms with Gasteiger partial charge in [-0.3, -0.25) is 14.9 Å². The number of nitrogens with zero attached hydrogens (tertiary/aromatic N) is 2. The number of carboxylic acids is 1. The molecule has 0 amide bonds. The van der Waals surface area contributed by atoms with Crippen molar-refractivity contribution in [1.29, 1.82) is 5.26 Å². The van der Waals surface area contributed by atoms with Crippen LogP contribution in [0.2, 0.25) is 0 Å². The van der Waals surface area contributed by atoms with Gasteiger partial charge in [0, 0.05) is 11.6 Å². The van der Waals surface area contributed by atoms with E-state index in [9.17, 15) is 23.7 Å². The minimum absolute atomic E-state index is 0.327. The lowest BCUT2D eigenvalue weighted by Gasteiger charge is -2.08. The molecule has 1 rings (SSSR count). The number of alkyl halides is 2. The maximum atomic E-state index is 12.1. The normalized spacial score (nSPS) is 10.0. The molecule has 0 aliphatic rings. The summed E-state index contributed by atoms with van der Waals surface area (Å²) in [5.41, 5.74) is -1.44. The lowest BCUT2D eigenvalue weighted by Crippen LogP contribution is -2.08. The number of hydrogen-bond acceptors (Lipinski definition) is 5. The molecule has 100 valence electrons. The standard InChI is InChI=1S/C10H6F2N2O5/c11-10(12)19-8-2-5(3-9(15)16)7(14(17)18)1-6(8)4-13/h1-2,10H,3H2,(H,15,16). The summed E-state index contributed by atoms with van der Waals surface area (Å²) in [5, 5.41) is 28.0. The Labute approximate surface area is 104 Å². The summed E-state index contributed by atoms with van der Waals surface area (Å²) in [5.74, 6) is -1.98. The van der Waals surface area contributed by atoms with E-state index >= 15 is 0 Å². The zero-order valence-corrected chi connectivity index (χ0v) is 9.17. The van der Waals surface area contributed by atoms with E-state index in [0.29, 0.717) is 6.07 Å². The number of hydrogen-bond donors (Lipinski definition) is 1. The third-order valence-electron chi connectivity index (χ3n) is 2.06. The van der Waals surface area contributed by atoms with Crippen molar-refractivity contribution in [3.63, 3.8) is 0 Å². The van der Waals surface area contributed by atoms with Crippen molar-refractivity contribution in [3.8, 4) is 11.8 Å². The highest BCUT2D eigenvalue weighted by Gasteiger charge is 2.22. The van der Waals surface area contributed by atoms with Gasteiger partial charge < -0.3 is 9.84 Å². The molecule has 0 aliphatic carbocycles. The first-order valence-electron chi connectivity index (χ1n) is 4.73. The Kier molecular flexibility index (Phi) is 4.31. The molecule has 0 spiro atoms. The summed E-state index contributed by atoms with van der Waals surface area (Å²) in [6.45, 7) is -3.23. The second kappa shape index (κ2) is 5.72. The van der Waals surface area contributed by atoms with Crippen LogP contribution in [0.1, 0.15) is 11.1 Å². The number of aliphatic carboxylic acids is 1. The molecule has 19 heavy (non-hydrogen) atoms. The van der Waals surface area contributed by atoms with E-state index in [1.54, 1.807) is 0 Å². The maximum absolute atomic E-state index is 12.1. The van der Waals surface area contributed by atoms with Crippen LogP contribution in [0.4, 0.5) is 14.5 Å². The molecule has 9 heteroatoms. The summed E-state index contributed by atoms with van der Waals surface area (Å²) in [4.78, 5) is 20.4. The van der Waals surface area contributed by atoms with Crippen LogP contribution in [-0.2, 0) is 11.2 Å². The van der Waals surface area contributed by atoms with E-state index in [-0.39, 0.29) is 5.56 Å². The van der Waals surface area contributed by atoms with Crippen molar-refractivity contribution in [2.45, 2.75) is 13.0 Å². The Morgan fingerprint density at radius 2 is 2.21 bits per heavy atom. The van der Waals surface area contributed by atoms with Gasteiger partial charge in [-0.25, -0.2) is 0 Å². The van der Waals surface area contributed by atoms with Crippen LogP contribution < -0.4 is 4.74 Å². The first-order chi connectivity index (χ1) is 8.85. The molecular weight excluding hydrogens is 266 g/mol. The Morgan fingerprint density at radius 3 is 2.63 bits per heavy atom. The number of rotatable bonds is 5. The van der Waals surface area contributed by atoms with Crippen molar-refractivity contribution >= 4 is 11.7 Å². The summed E-state index contributed by atoms with van der Waals surface area (Å²) < 4.78 is 28.2. The predicted octanol–water partition coefficient (Wildman–Crippen LogP) is 1.69. The molecular formula is C10H6F2N2O5. The largest absolute Gasteiger partial charge is 0.481 e. The molecule has 1 aromatic carbocycles. The Hall–Kier alpha value is -2.76. The topological polar surface area (TPSA) is 113 Å². The molecule has 0 aliphatic heterocycles. The number of halogens is 2. The smallest absolute Gasteiger partial charge is 0.387 e. The van der Waals surface area contributed by atoms with Gasteiger partial charge in [0.1, 0.15) is 17.4 Å². The molecule has 0 fully saturated rings. The maximum Gasteiger partial charge on any atom is 0.387 e. The molecule has 0 aromatic heterocycles. The molecule has 0 unspecified atom stereocenters. The second-order valence-corrected chi connectivity index (χ2v) is 3.30. The van der Waals surface area contributed by atoms with Crippen LogP contribution >= 0.6 is 0 Å². The number of carboxylic acid groups (broad SMARTS) is 1. The zero-order valence-electron chi connectivity index (χ0n) is 9.17. The Balaban J connectivity index is 3.38. The monoisotopic (exact) mass is 272 g/mol. The van der Waals surface area contributed by atoms with Crippen LogP contribution in [-0.4, -0.2) is 22.6 Å². The highest BCUT2D eigenvalue weighted by atomic mass is 19.3. The van der Waals surface area contributed by atoms with Crippen LogP contribution in [0.5, 0.6) is 5.75 Å². The van der Waals surface area contributed by atoms with E-state index in [4.69, 9.17) is 10.4 Å². The van der Waals surface area contributed by atoms with Gasteiger partial charge >= 0.3 is 12.6 Å². The average Bonchev–Trinajstić information content (AvgIpc) is 2.27. The molecule has 1 aromatic rings. The summed E-state index contributed by atoms with van der Waals surface area (Å²) in [6, 6.07) is 2.93. The molecule has 0 heterocycles. The van der Waals surface area contributed by atoms with E-state index in [0.717, 1.165) is 6.07 Å². The first kappa shape index (κ1) is 14.3. The number of nitro groups is 1. The number of carbonyl (C=O) groups is 1. The first-order valence-corrected chi connectivity index (χ1v) is 4.73.